The predicted octanol–water partition coefficient (Wildman–Crippen LogP) is 2.82. The van der Waals surface area contributed by atoms with Crippen LogP contribution in [-0.2, 0) is 25.6 Å². The fourth-order valence-electron chi connectivity index (χ4n) is 5.44. The lowest BCUT2D eigenvalue weighted by Gasteiger charge is -2.37. The standard InChI is InChI=1S/C29H34N4O8/c1-17-6-3-4-7-21(17)30-29(40)31-22-10-9-18(14-24(22)41-2)15-25(34)33-12-5-8-23(33)26(35)32-13-11-19(27(36)37)20(16-32)28(38)39/h3-4,6-7,9-10,14,19-20,23H,5,8,11-13,15-16H2,1-2H3,(H,36,37)(H,38,39)(H2,30,31,40)/t19?,20?,23-/m0/s1. The van der Waals surface area contributed by atoms with Crippen LogP contribution < -0.4 is 15.4 Å². The Bertz CT molecular complexity index is 1350. The first-order valence-electron chi connectivity index (χ1n) is 13.4. The van der Waals surface area contributed by atoms with E-state index in [1.54, 1.807) is 24.3 Å². The van der Waals surface area contributed by atoms with Gasteiger partial charge in [-0.3, -0.25) is 19.2 Å². The van der Waals surface area contributed by atoms with Gasteiger partial charge in [-0.15, -0.1) is 0 Å². The summed E-state index contributed by atoms with van der Waals surface area (Å²) < 4.78 is 5.44. The van der Waals surface area contributed by atoms with Crippen molar-refractivity contribution in [2.45, 2.75) is 38.6 Å². The smallest absolute Gasteiger partial charge is 0.323 e. The van der Waals surface area contributed by atoms with E-state index in [2.05, 4.69) is 10.6 Å². The molecule has 12 nitrogen and oxygen atoms in total. The minimum absolute atomic E-state index is 0.00529. The molecule has 2 saturated heterocycles. The molecule has 4 N–H and O–H groups in total. The van der Waals surface area contributed by atoms with E-state index in [-0.39, 0.29) is 37.7 Å². The Balaban J connectivity index is 1.40. The zero-order valence-electron chi connectivity index (χ0n) is 23.0. The van der Waals surface area contributed by atoms with Crippen molar-refractivity contribution in [1.82, 2.24) is 9.80 Å². The van der Waals surface area contributed by atoms with E-state index < -0.39 is 35.8 Å². The van der Waals surface area contributed by atoms with Crippen LogP contribution in [0.25, 0.3) is 0 Å². The van der Waals surface area contributed by atoms with Crippen LogP contribution in [0.15, 0.2) is 42.5 Å². The molecule has 2 aliphatic heterocycles. The Labute approximate surface area is 237 Å². The Morgan fingerprint density at radius 1 is 0.927 bits per heavy atom. The number of carboxylic acids is 2. The highest BCUT2D eigenvalue weighted by Gasteiger charge is 2.43. The van der Waals surface area contributed by atoms with Crippen molar-refractivity contribution in [1.29, 1.82) is 0 Å². The van der Waals surface area contributed by atoms with Gasteiger partial charge in [0.2, 0.25) is 11.8 Å². The zero-order valence-corrected chi connectivity index (χ0v) is 23.0. The lowest BCUT2D eigenvalue weighted by Crippen LogP contribution is -2.54. The molecule has 12 heteroatoms. The van der Waals surface area contributed by atoms with Gasteiger partial charge in [0, 0.05) is 25.3 Å². The molecule has 0 aliphatic carbocycles. The third kappa shape index (κ3) is 6.76. The molecule has 41 heavy (non-hydrogen) atoms. The van der Waals surface area contributed by atoms with Gasteiger partial charge in [0.15, 0.2) is 0 Å². The Hall–Kier alpha value is -4.61. The number of carbonyl (C=O) groups excluding carboxylic acids is 3. The molecule has 0 saturated carbocycles. The number of rotatable bonds is 8. The maximum atomic E-state index is 13.3. The summed E-state index contributed by atoms with van der Waals surface area (Å²) >= 11 is 0. The number of urea groups is 1. The van der Waals surface area contributed by atoms with Gasteiger partial charge in [-0.05, 0) is 55.5 Å². The van der Waals surface area contributed by atoms with Crippen molar-refractivity contribution in [3.05, 3.63) is 53.6 Å². The van der Waals surface area contributed by atoms with Gasteiger partial charge >= 0.3 is 18.0 Å². The maximum Gasteiger partial charge on any atom is 0.323 e. The summed E-state index contributed by atoms with van der Waals surface area (Å²) in [7, 11) is 1.46. The van der Waals surface area contributed by atoms with Gasteiger partial charge in [-0.2, -0.15) is 0 Å². The number of nitrogens with zero attached hydrogens (tertiary/aromatic N) is 2. The highest BCUT2D eigenvalue weighted by Crippen LogP contribution is 2.29. The number of aliphatic carboxylic acids is 2. The minimum Gasteiger partial charge on any atom is -0.495 e. The van der Waals surface area contributed by atoms with Crippen LogP contribution in [0, 0.1) is 18.8 Å². The highest BCUT2D eigenvalue weighted by molar-refractivity contribution is 6.01. The van der Waals surface area contributed by atoms with Crippen LogP contribution in [-0.4, -0.2) is 82.6 Å². The minimum atomic E-state index is -1.26. The molecule has 218 valence electrons. The summed E-state index contributed by atoms with van der Waals surface area (Å²) in [4.78, 5) is 65.2. The number of aryl methyl sites for hydroxylation is 1. The van der Waals surface area contributed by atoms with Crippen LogP contribution in [0.1, 0.15) is 30.4 Å². The number of anilines is 2. The first kappa shape index (κ1) is 29.4. The molecule has 3 atom stereocenters. The number of amides is 4. The second kappa shape index (κ2) is 12.7. The lowest BCUT2D eigenvalue weighted by atomic mass is 9.85. The van der Waals surface area contributed by atoms with Crippen molar-refractivity contribution in [3.63, 3.8) is 0 Å². The number of likely N-dealkylation sites (tertiary alicyclic amines) is 2. The molecular weight excluding hydrogens is 532 g/mol. The van der Waals surface area contributed by atoms with Gasteiger partial charge in [-0.1, -0.05) is 24.3 Å². The van der Waals surface area contributed by atoms with Crippen molar-refractivity contribution in [2.24, 2.45) is 11.8 Å². The monoisotopic (exact) mass is 566 g/mol. The molecule has 2 aliphatic rings. The SMILES string of the molecule is COc1cc(CC(=O)N2CCC[C@H]2C(=O)N2CCC(C(=O)O)C(C(=O)O)C2)ccc1NC(=O)Nc1ccccc1C. The van der Waals surface area contributed by atoms with E-state index in [1.807, 2.05) is 25.1 Å². The Morgan fingerprint density at radius 2 is 1.63 bits per heavy atom. The number of carbonyl (C=O) groups is 5. The lowest BCUT2D eigenvalue weighted by molar-refractivity contribution is -0.160. The average Bonchev–Trinajstić information content (AvgIpc) is 3.44. The van der Waals surface area contributed by atoms with Crippen molar-refractivity contribution in [3.8, 4) is 5.75 Å². The summed E-state index contributed by atoms with van der Waals surface area (Å²) in [5, 5.41) is 24.4. The van der Waals surface area contributed by atoms with Crippen molar-refractivity contribution in [2.75, 3.05) is 37.4 Å². The van der Waals surface area contributed by atoms with E-state index in [0.29, 0.717) is 42.1 Å². The normalized spacial score (nSPS) is 20.3. The molecule has 0 radical (unpaired) electrons. The third-order valence-corrected chi connectivity index (χ3v) is 7.68. The van der Waals surface area contributed by atoms with Gasteiger partial charge in [0.25, 0.3) is 0 Å². The number of hydrogen-bond acceptors (Lipinski definition) is 6. The zero-order chi connectivity index (χ0) is 29.7. The molecule has 2 unspecified atom stereocenters. The summed E-state index contributed by atoms with van der Waals surface area (Å²) in [5.41, 5.74) is 2.63. The number of piperidine rings is 1. The number of benzene rings is 2. The van der Waals surface area contributed by atoms with Gasteiger partial charge in [-0.25, -0.2) is 4.79 Å². The predicted molar refractivity (Wildman–Crippen MR) is 149 cm³/mol. The van der Waals surface area contributed by atoms with E-state index in [9.17, 15) is 34.2 Å². The number of para-hydroxylation sites is 1. The maximum absolute atomic E-state index is 13.3. The first-order chi connectivity index (χ1) is 19.6. The van der Waals surface area contributed by atoms with Crippen LogP contribution in [0.3, 0.4) is 0 Å². The second-order valence-corrected chi connectivity index (χ2v) is 10.3. The fourth-order valence-corrected chi connectivity index (χ4v) is 5.44. The molecule has 4 rings (SSSR count). The summed E-state index contributed by atoms with van der Waals surface area (Å²) in [6, 6.07) is 11.2. The molecule has 2 aromatic rings. The van der Waals surface area contributed by atoms with E-state index in [0.717, 1.165) is 5.56 Å². The van der Waals surface area contributed by atoms with Crippen molar-refractivity contribution >= 4 is 41.2 Å². The highest BCUT2D eigenvalue weighted by atomic mass is 16.5. The first-order valence-corrected chi connectivity index (χ1v) is 13.4. The van der Waals surface area contributed by atoms with Crippen LogP contribution >= 0.6 is 0 Å². The number of methoxy groups -OCH3 is 1. The fraction of sp³-hybridized carbons (Fsp3) is 0.414. The van der Waals surface area contributed by atoms with E-state index >= 15 is 0 Å². The van der Waals surface area contributed by atoms with Gasteiger partial charge < -0.3 is 35.4 Å². The molecule has 0 bridgehead atoms. The van der Waals surface area contributed by atoms with Crippen LogP contribution in [0.5, 0.6) is 5.75 Å². The molecule has 0 spiro atoms. The Kier molecular flexibility index (Phi) is 9.10. The number of nitrogens with one attached hydrogen (secondary N) is 2. The molecule has 2 fully saturated rings. The topological polar surface area (TPSA) is 166 Å². The summed E-state index contributed by atoms with van der Waals surface area (Å²) in [6.45, 7) is 2.20. The van der Waals surface area contributed by atoms with E-state index in [4.69, 9.17) is 4.74 Å². The van der Waals surface area contributed by atoms with E-state index in [1.165, 1.54) is 16.9 Å². The largest absolute Gasteiger partial charge is 0.495 e. The van der Waals surface area contributed by atoms with Gasteiger partial charge in [0.1, 0.15) is 11.8 Å². The molecular formula is C29H34N4O8. The Morgan fingerprint density at radius 3 is 2.32 bits per heavy atom. The summed E-state index contributed by atoms with van der Waals surface area (Å²) in [5.74, 6) is -4.96. The number of carboxylic acid groups (broad SMARTS) is 2. The third-order valence-electron chi connectivity index (χ3n) is 7.68. The molecule has 0 aromatic heterocycles. The quantitative estimate of drug-likeness (QED) is 0.379. The van der Waals surface area contributed by atoms with Crippen LogP contribution in [0.4, 0.5) is 16.2 Å². The van der Waals surface area contributed by atoms with Crippen molar-refractivity contribution < 1.29 is 38.9 Å². The molecule has 4 amide bonds. The average molecular weight is 567 g/mol. The van der Waals surface area contributed by atoms with Crippen LogP contribution in [0.2, 0.25) is 0 Å². The number of ether oxygens (including phenoxy) is 1. The van der Waals surface area contributed by atoms with Gasteiger partial charge in [0.05, 0.1) is 31.1 Å². The molecule has 2 heterocycles. The molecule has 2 aromatic carbocycles. The summed E-state index contributed by atoms with van der Waals surface area (Å²) in [6.07, 6.45) is 1.11. The second-order valence-electron chi connectivity index (χ2n) is 10.3. The number of hydrogen-bond donors (Lipinski definition) is 4.